The molecule has 0 atom stereocenters. The highest BCUT2D eigenvalue weighted by Gasteiger charge is 2.10. The highest BCUT2D eigenvalue weighted by atomic mass is 15.2. The molecular formula is C22H26N4. The van der Waals surface area contributed by atoms with Gasteiger partial charge >= 0.3 is 0 Å². The van der Waals surface area contributed by atoms with Gasteiger partial charge in [-0.15, -0.1) is 0 Å². The number of aromatic nitrogens is 2. The number of rotatable bonds is 7. The predicted molar refractivity (Wildman–Crippen MR) is 108 cm³/mol. The van der Waals surface area contributed by atoms with E-state index in [1.54, 1.807) is 0 Å². The normalized spacial score (nSPS) is 10.6. The van der Waals surface area contributed by atoms with E-state index in [2.05, 4.69) is 77.6 Å². The summed E-state index contributed by atoms with van der Waals surface area (Å²) in [6.45, 7) is 8.72. The molecule has 0 aliphatic heterocycles. The molecule has 4 heteroatoms. The fraction of sp³-hybridized carbons (Fsp3) is 0.273. The van der Waals surface area contributed by atoms with Crippen molar-refractivity contribution in [3.63, 3.8) is 0 Å². The van der Waals surface area contributed by atoms with Crippen LogP contribution in [0.4, 0.5) is 11.8 Å². The van der Waals surface area contributed by atoms with Gasteiger partial charge in [-0.25, -0.2) is 4.98 Å². The third-order valence-corrected chi connectivity index (χ3v) is 4.30. The van der Waals surface area contributed by atoms with E-state index in [0.29, 0.717) is 5.95 Å². The van der Waals surface area contributed by atoms with Crippen molar-refractivity contribution in [2.24, 2.45) is 0 Å². The molecule has 26 heavy (non-hydrogen) atoms. The Morgan fingerprint density at radius 1 is 0.885 bits per heavy atom. The Morgan fingerprint density at radius 3 is 2.38 bits per heavy atom. The summed E-state index contributed by atoms with van der Waals surface area (Å²) in [4.78, 5) is 11.6. The molecule has 2 aromatic carbocycles. The van der Waals surface area contributed by atoms with Crippen LogP contribution in [0.5, 0.6) is 0 Å². The third kappa shape index (κ3) is 4.82. The molecule has 1 heterocycles. The quantitative estimate of drug-likeness (QED) is 0.671. The number of nitrogens with one attached hydrogen (secondary N) is 1. The summed E-state index contributed by atoms with van der Waals surface area (Å²) >= 11 is 0. The molecule has 0 aliphatic carbocycles. The van der Waals surface area contributed by atoms with Gasteiger partial charge in [0.25, 0.3) is 0 Å². The van der Waals surface area contributed by atoms with E-state index in [4.69, 9.17) is 4.98 Å². The number of hydrogen-bond donors (Lipinski definition) is 1. The van der Waals surface area contributed by atoms with Crippen molar-refractivity contribution in [1.82, 2.24) is 9.97 Å². The zero-order valence-electron chi connectivity index (χ0n) is 15.7. The van der Waals surface area contributed by atoms with Gasteiger partial charge in [-0.05, 0) is 31.9 Å². The molecule has 4 nitrogen and oxygen atoms in total. The summed E-state index contributed by atoms with van der Waals surface area (Å²) in [5.41, 5.74) is 4.73. The summed E-state index contributed by atoms with van der Waals surface area (Å²) in [5.74, 6) is 1.63. The molecule has 0 bridgehead atoms. The minimum Gasteiger partial charge on any atom is -0.352 e. The topological polar surface area (TPSA) is 41.1 Å². The zero-order chi connectivity index (χ0) is 18.4. The number of anilines is 2. The van der Waals surface area contributed by atoms with Crippen molar-refractivity contribution >= 4 is 11.8 Å². The SMILES string of the molecule is CCN(Cc1ccccc1)c1cc(C)nc(NCc2cccc(C)c2)n1. The molecule has 0 aliphatic rings. The molecule has 134 valence electrons. The van der Waals surface area contributed by atoms with Crippen LogP contribution in [0, 0.1) is 13.8 Å². The van der Waals surface area contributed by atoms with Crippen molar-refractivity contribution in [1.29, 1.82) is 0 Å². The van der Waals surface area contributed by atoms with Crippen LogP contribution < -0.4 is 10.2 Å². The largest absolute Gasteiger partial charge is 0.352 e. The van der Waals surface area contributed by atoms with Crippen molar-refractivity contribution in [3.05, 3.63) is 83.0 Å². The first-order chi connectivity index (χ1) is 12.6. The zero-order valence-corrected chi connectivity index (χ0v) is 15.7. The summed E-state index contributed by atoms with van der Waals surface area (Å²) in [7, 11) is 0. The van der Waals surface area contributed by atoms with Crippen LogP contribution in [0.1, 0.15) is 29.3 Å². The van der Waals surface area contributed by atoms with Crippen LogP contribution in [-0.2, 0) is 13.1 Å². The second kappa shape index (κ2) is 8.48. The van der Waals surface area contributed by atoms with E-state index in [1.165, 1.54) is 16.7 Å². The average Bonchev–Trinajstić information content (AvgIpc) is 2.65. The van der Waals surface area contributed by atoms with Crippen molar-refractivity contribution in [2.45, 2.75) is 33.9 Å². The molecule has 0 fully saturated rings. The first-order valence-corrected chi connectivity index (χ1v) is 9.08. The number of hydrogen-bond acceptors (Lipinski definition) is 4. The highest BCUT2D eigenvalue weighted by Crippen LogP contribution is 2.18. The molecule has 0 radical (unpaired) electrons. The maximum absolute atomic E-state index is 4.74. The van der Waals surface area contributed by atoms with E-state index in [9.17, 15) is 0 Å². The monoisotopic (exact) mass is 346 g/mol. The van der Waals surface area contributed by atoms with Gasteiger partial charge in [-0.1, -0.05) is 60.2 Å². The van der Waals surface area contributed by atoms with E-state index >= 15 is 0 Å². The Balaban J connectivity index is 1.75. The minimum absolute atomic E-state index is 0.674. The summed E-state index contributed by atoms with van der Waals surface area (Å²) < 4.78 is 0. The molecule has 0 unspecified atom stereocenters. The van der Waals surface area contributed by atoms with Crippen LogP contribution in [-0.4, -0.2) is 16.5 Å². The van der Waals surface area contributed by atoms with E-state index in [1.807, 2.05) is 19.1 Å². The molecule has 3 rings (SSSR count). The van der Waals surface area contributed by atoms with Crippen molar-refractivity contribution < 1.29 is 0 Å². The van der Waals surface area contributed by atoms with Crippen LogP contribution in [0.15, 0.2) is 60.7 Å². The van der Waals surface area contributed by atoms with Gasteiger partial charge in [-0.3, -0.25) is 0 Å². The second-order valence-corrected chi connectivity index (χ2v) is 6.53. The third-order valence-electron chi connectivity index (χ3n) is 4.30. The Bertz CT molecular complexity index is 846. The highest BCUT2D eigenvalue weighted by molar-refractivity contribution is 5.45. The lowest BCUT2D eigenvalue weighted by atomic mass is 10.1. The molecular weight excluding hydrogens is 320 g/mol. The maximum atomic E-state index is 4.74. The summed E-state index contributed by atoms with van der Waals surface area (Å²) in [5, 5.41) is 3.36. The molecule has 3 aromatic rings. The van der Waals surface area contributed by atoms with Crippen molar-refractivity contribution in [3.8, 4) is 0 Å². The Labute approximate surface area is 155 Å². The number of aryl methyl sites for hydroxylation is 2. The molecule has 0 saturated heterocycles. The van der Waals surface area contributed by atoms with Crippen LogP contribution in [0.3, 0.4) is 0 Å². The van der Waals surface area contributed by atoms with Crippen LogP contribution in [0.25, 0.3) is 0 Å². The first kappa shape index (κ1) is 17.9. The smallest absolute Gasteiger partial charge is 0.225 e. The van der Waals surface area contributed by atoms with Gasteiger partial charge in [0, 0.05) is 31.4 Å². The van der Waals surface area contributed by atoms with Gasteiger partial charge < -0.3 is 10.2 Å². The Kier molecular flexibility index (Phi) is 5.84. The summed E-state index contributed by atoms with van der Waals surface area (Å²) in [6, 6.07) is 21.0. The lowest BCUT2D eigenvalue weighted by molar-refractivity contribution is 0.807. The number of nitrogens with zero attached hydrogens (tertiary/aromatic N) is 3. The van der Waals surface area contributed by atoms with Gasteiger partial charge in [0.15, 0.2) is 0 Å². The lowest BCUT2D eigenvalue weighted by Crippen LogP contribution is -2.23. The molecule has 0 amide bonds. The molecule has 1 aromatic heterocycles. The predicted octanol–water partition coefficient (Wildman–Crippen LogP) is 4.73. The maximum Gasteiger partial charge on any atom is 0.225 e. The van der Waals surface area contributed by atoms with Gasteiger partial charge in [0.05, 0.1) is 0 Å². The van der Waals surface area contributed by atoms with Gasteiger partial charge in [0.2, 0.25) is 5.95 Å². The van der Waals surface area contributed by atoms with Crippen LogP contribution in [0.2, 0.25) is 0 Å². The minimum atomic E-state index is 0.674. The summed E-state index contributed by atoms with van der Waals surface area (Å²) in [6.07, 6.45) is 0. The van der Waals surface area contributed by atoms with E-state index in [0.717, 1.165) is 31.1 Å². The van der Waals surface area contributed by atoms with Gasteiger partial charge in [-0.2, -0.15) is 4.98 Å². The van der Waals surface area contributed by atoms with Crippen molar-refractivity contribution in [2.75, 3.05) is 16.8 Å². The lowest BCUT2D eigenvalue weighted by Gasteiger charge is -2.23. The van der Waals surface area contributed by atoms with Gasteiger partial charge in [0.1, 0.15) is 5.82 Å². The fourth-order valence-electron chi connectivity index (χ4n) is 2.95. The molecule has 1 N–H and O–H groups in total. The Hall–Kier alpha value is -2.88. The molecule has 0 saturated carbocycles. The first-order valence-electron chi connectivity index (χ1n) is 9.08. The van der Waals surface area contributed by atoms with E-state index < -0.39 is 0 Å². The van der Waals surface area contributed by atoms with E-state index in [-0.39, 0.29) is 0 Å². The average molecular weight is 346 g/mol. The number of benzene rings is 2. The standard InChI is InChI=1S/C22H26N4/c1-4-26(16-19-10-6-5-7-11-19)21-14-18(3)24-22(25-21)23-15-20-12-8-9-17(2)13-20/h5-14H,4,15-16H2,1-3H3,(H,23,24,25). The Morgan fingerprint density at radius 2 is 1.65 bits per heavy atom. The fourth-order valence-corrected chi connectivity index (χ4v) is 2.95. The van der Waals surface area contributed by atoms with Crippen LogP contribution >= 0.6 is 0 Å². The second-order valence-electron chi connectivity index (χ2n) is 6.53. The molecule has 0 spiro atoms.